The number of unbranched alkanes of at least 4 members (excludes halogenated alkanes) is 24. The number of rotatable bonds is 34. The Morgan fingerprint density at radius 2 is 0.554 bits per heavy atom. The van der Waals surface area contributed by atoms with E-state index in [9.17, 15) is 25.9 Å². The van der Waals surface area contributed by atoms with Crippen LogP contribution in [0.2, 0.25) is 0 Å². The first-order valence-electron chi connectivity index (χ1n) is 26.0. The summed E-state index contributed by atoms with van der Waals surface area (Å²) in [5, 5.41) is 3.25. The minimum atomic E-state index is -4.49. The molecular weight excluding hydrogens is 898 g/mol. The van der Waals surface area contributed by atoms with Crippen LogP contribution in [-0.4, -0.2) is 25.9 Å². The first-order valence-corrected chi connectivity index (χ1v) is 28.8. The molecule has 360 valence electrons. The normalized spacial score (nSPS) is 11.8. The van der Waals surface area contributed by atoms with E-state index in [2.05, 4.69) is 39.8 Å². The second-order valence-corrected chi connectivity index (χ2v) is 21.2. The van der Waals surface area contributed by atoms with Gasteiger partial charge in [-0.25, -0.2) is 16.8 Å². The molecule has 0 aliphatic rings. The van der Waals surface area contributed by atoms with Gasteiger partial charge < -0.3 is 9.11 Å². The molecule has 0 aliphatic heterocycles. The molecular formula is C56H86O6S2Zn. The van der Waals surface area contributed by atoms with Crippen LogP contribution in [0.25, 0.3) is 21.5 Å². The molecule has 0 bridgehead atoms. The van der Waals surface area contributed by atoms with E-state index in [1.54, 1.807) is 0 Å². The molecule has 0 aromatic heterocycles. The van der Waals surface area contributed by atoms with Crippen LogP contribution < -0.4 is 0 Å². The first kappa shape index (κ1) is 59.0. The molecule has 0 fully saturated rings. The average Bonchev–Trinajstić information content (AvgIpc) is 3.27. The van der Waals surface area contributed by atoms with Crippen LogP contribution in [0.15, 0.2) is 70.5 Å². The maximum Gasteiger partial charge on any atom is 2.00 e. The summed E-state index contributed by atoms with van der Waals surface area (Å²) >= 11 is 0. The van der Waals surface area contributed by atoms with Crippen LogP contribution in [0, 0.1) is 0 Å². The summed E-state index contributed by atoms with van der Waals surface area (Å²) in [7, 11) is -8.98. The van der Waals surface area contributed by atoms with Crippen LogP contribution in [0.5, 0.6) is 0 Å². The molecule has 0 radical (unpaired) electrons. The third kappa shape index (κ3) is 22.2. The predicted octanol–water partition coefficient (Wildman–Crippen LogP) is 16.7. The molecule has 0 aliphatic carbocycles. The summed E-state index contributed by atoms with van der Waals surface area (Å²) in [6, 6.07) is 18.5. The molecule has 0 saturated heterocycles. The summed E-state index contributed by atoms with van der Waals surface area (Å²) in [4.78, 5) is -0.144. The molecule has 0 amide bonds. The van der Waals surface area contributed by atoms with E-state index < -0.39 is 20.2 Å². The average molecular weight is 985 g/mol. The molecule has 0 saturated carbocycles. The molecule has 0 unspecified atom stereocenters. The second kappa shape index (κ2) is 34.2. The van der Waals surface area contributed by atoms with Crippen molar-refractivity contribution in [1.29, 1.82) is 0 Å². The fourth-order valence-corrected chi connectivity index (χ4v) is 10.8. The Morgan fingerprint density at radius 3 is 0.800 bits per heavy atom. The van der Waals surface area contributed by atoms with Crippen molar-refractivity contribution in [2.45, 2.75) is 243 Å². The molecule has 4 rings (SSSR count). The Bertz CT molecular complexity index is 1910. The van der Waals surface area contributed by atoms with Gasteiger partial charge in [0.25, 0.3) is 0 Å². The molecule has 0 spiro atoms. The molecule has 4 aromatic rings. The van der Waals surface area contributed by atoms with Crippen molar-refractivity contribution in [3.05, 3.63) is 82.9 Å². The number of fused-ring (bicyclic) bond motifs is 2. The van der Waals surface area contributed by atoms with Crippen LogP contribution in [0.4, 0.5) is 0 Å². The van der Waals surface area contributed by atoms with Gasteiger partial charge in [0.2, 0.25) is 0 Å². The van der Waals surface area contributed by atoms with Gasteiger partial charge in [0, 0.05) is 0 Å². The van der Waals surface area contributed by atoms with Crippen molar-refractivity contribution in [2.75, 3.05) is 0 Å². The molecule has 0 N–H and O–H groups in total. The van der Waals surface area contributed by atoms with Gasteiger partial charge in [-0.05, 0) is 107 Å². The third-order valence-electron chi connectivity index (χ3n) is 13.1. The van der Waals surface area contributed by atoms with Crippen LogP contribution in [0.3, 0.4) is 0 Å². The van der Waals surface area contributed by atoms with E-state index in [1.807, 2.05) is 36.4 Å². The molecule has 65 heavy (non-hydrogen) atoms. The standard InChI is InChI=1S/2C28H44O3S.Zn/c2*1-3-5-7-9-11-13-15-18-24-20-17-21-26-27(32(29,30)31)23-22-25(28(24)26)19-16-14-12-10-8-6-4-2;/h2*17,20-23H,3-16,18-19H2,1-2H3,(H,29,30,31);/q;;+2/p-2. The number of aryl methyl sites for hydroxylation is 4. The first-order chi connectivity index (χ1) is 31.0. The number of hydrogen-bond acceptors (Lipinski definition) is 6. The van der Waals surface area contributed by atoms with E-state index in [1.165, 1.54) is 188 Å². The summed E-state index contributed by atoms with van der Waals surface area (Å²) in [6.07, 6.45) is 38.8. The molecule has 0 atom stereocenters. The van der Waals surface area contributed by atoms with E-state index in [0.717, 1.165) is 62.1 Å². The SMILES string of the molecule is CCCCCCCCCc1cccc2c(S(=O)(=O)[O-])ccc(CCCCCCCCC)c12.CCCCCCCCCc1cccc2c(S(=O)(=O)[O-])ccc(CCCCCCCCC)c12.[Zn+2]. The van der Waals surface area contributed by atoms with Crippen LogP contribution in [-0.2, 0) is 65.4 Å². The van der Waals surface area contributed by atoms with E-state index >= 15 is 0 Å². The zero-order valence-corrected chi connectivity index (χ0v) is 46.0. The Hall–Kier alpha value is -2.16. The summed E-state index contributed by atoms with van der Waals surface area (Å²) < 4.78 is 71.3. The molecule has 4 aromatic carbocycles. The Kier molecular flexibility index (Phi) is 31.0. The monoisotopic (exact) mass is 983 g/mol. The van der Waals surface area contributed by atoms with Gasteiger partial charge in [-0.15, -0.1) is 0 Å². The van der Waals surface area contributed by atoms with Gasteiger partial charge in [-0.1, -0.05) is 230 Å². The summed E-state index contributed by atoms with van der Waals surface area (Å²) in [5.74, 6) is 0. The number of benzene rings is 4. The topological polar surface area (TPSA) is 114 Å². The zero-order valence-electron chi connectivity index (χ0n) is 41.4. The molecule has 6 nitrogen and oxygen atoms in total. The Labute approximate surface area is 410 Å². The van der Waals surface area contributed by atoms with E-state index in [-0.39, 0.29) is 29.3 Å². The minimum absolute atomic E-state index is 0. The fraction of sp³-hybridized carbons (Fsp3) is 0.643. The fourth-order valence-electron chi connectivity index (χ4n) is 9.43. The molecule has 9 heteroatoms. The Balaban J connectivity index is 0.000000440. The Morgan fingerprint density at radius 1 is 0.323 bits per heavy atom. The van der Waals surface area contributed by atoms with Gasteiger partial charge in [-0.3, -0.25) is 0 Å². The van der Waals surface area contributed by atoms with E-state index in [4.69, 9.17) is 0 Å². The van der Waals surface area contributed by atoms with E-state index in [0.29, 0.717) is 10.8 Å². The van der Waals surface area contributed by atoms with Gasteiger partial charge in [0.1, 0.15) is 20.2 Å². The minimum Gasteiger partial charge on any atom is -0.744 e. The van der Waals surface area contributed by atoms with Crippen molar-refractivity contribution in [3.8, 4) is 0 Å². The van der Waals surface area contributed by atoms with Crippen LogP contribution in [0.1, 0.15) is 230 Å². The predicted molar refractivity (Wildman–Crippen MR) is 271 cm³/mol. The maximum absolute atomic E-state index is 11.9. The van der Waals surface area contributed by atoms with Gasteiger partial charge in [0.05, 0.1) is 9.79 Å². The summed E-state index contributed by atoms with van der Waals surface area (Å²) in [6.45, 7) is 8.95. The van der Waals surface area contributed by atoms with Gasteiger partial charge >= 0.3 is 19.5 Å². The molecule has 0 heterocycles. The smallest absolute Gasteiger partial charge is 0.744 e. The largest absolute Gasteiger partial charge is 2.00 e. The zero-order chi connectivity index (χ0) is 46.5. The van der Waals surface area contributed by atoms with Gasteiger partial charge in [0.15, 0.2) is 0 Å². The van der Waals surface area contributed by atoms with Crippen LogP contribution >= 0.6 is 0 Å². The van der Waals surface area contributed by atoms with Crippen molar-refractivity contribution in [1.82, 2.24) is 0 Å². The van der Waals surface area contributed by atoms with Crippen molar-refractivity contribution in [2.24, 2.45) is 0 Å². The summed E-state index contributed by atoms with van der Waals surface area (Å²) in [5.41, 5.74) is 4.78. The number of hydrogen-bond donors (Lipinski definition) is 0. The third-order valence-corrected chi connectivity index (χ3v) is 14.9. The second-order valence-electron chi connectivity index (χ2n) is 18.5. The van der Waals surface area contributed by atoms with Gasteiger partial charge in [-0.2, -0.15) is 0 Å². The van der Waals surface area contributed by atoms with Crippen molar-refractivity contribution in [3.63, 3.8) is 0 Å². The quantitative estimate of drug-likeness (QED) is 0.0262. The maximum atomic E-state index is 11.9. The van der Waals surface area contributed by atoms with Crippen molar-refractivity contribution >= 4 is 41.8 Å². The van der Waals surface area contributed by atoms with Crippen molar-refractivity contribution < 1.29 is 45.4 Å².